The summed E-state index contributed by atoms with van der Waals surface area (Å²) in [4.78, 5) is 17.8. The minimum absolute atomic E-state index is 0. The second-order valence-corrected chi connectivity index (χ2v) is 7.25. The third-order valence-electron chi connectivity index (χ3n) is 4.04. The van der Waals surface area contributed by atoms with Gasteiger partial charge in [0.25, 0.3) is 4.52 Å². The van der Waals surface area contributed by atoms with Gasteiger partial charge in [-0.2, -0.15) is 0 Å². The number of carbonyl (C=O) groups is 1. The number of fused-ring (bicyclic) bond motifs is 1. The Bertz CT molecular complexity index is 956. The van der Waals surface area contributed by atoms with E-state index in [0.29, 0.717) is 23.4 Å². The van der Waals surface area contributed by atoms with Crippen LogP contribution in [0.25, 0.3) is 5.65 Å². The van der Waals surface area contributed by atoms with Gasteiger partial charge in [-0.25, -0.2) is 4.98 Å². The van der Waals surface area contributed by atoms with Crippen LogP contribution in [-0.2, 0) is 9.31 Å². The summed E-state index contributed by atoms with van der Waals surface area (Å²) < 4.78 is 6.05. The van der Waals surface area contributed by atoms with Gasteiger partial charge in [-0.3, -0.25) is 4.79 Å². The van der Waals surface area contributed by atoms with Gasteiger partial charge in [-0.1, -0.05) is 42.3 Å². The molecule has 2 heterocycles. The number of benzene rings is 1. The number of halogens is 3. The maximum Gasteiger partial charge on any atom is 0.284 e. The van der Waals surface area contributed by atoms with E-state index in [4.69, 9.17) is 27.9 Å². The second-order valence-electron chi connectivity index (χ2n) is 5.99. The largest absolute Gasteiger partial charge is 0.452 e. The Hall–Kier alpha value is -1.95. The van der Waals surface area contributed by atoms with E-state index in [1.54, 1.807) is 42.4 Å². The van der Waals surface area contributed by atoms with Crippen LogP contribution in [0.5, 0.6) is 5.75 Å². The zero-order chi connectivity index (χ0) is 18.9. The number of hydrogen-bond donors (Lipinski definition) is 0. The van der Waals surface area contributed by atoms with Gasteiger partial charge >= 0.3 is 0 Å². The lowest BCUT2D eigenvalue weighted by Crippen LogP contribution is -2.26. The third-order valence-corrected chi connectivity index (χ3v) is 4.63. The van der Waals surface area contributed by atoms with Crippen molar-refractivity contribution < 1.29 is 9.53 Å². The fourth-order valence-corrected chi connectivity index (χ4v) is 3.06. The number of ether oxygens (including phenoxy) is 1. The van der Waals surface area contributed by atoms with E-state index in [9.17, 15) is 4.79 Å². The number of pyridine rings is 1. The summed E-state index contributed by atoms with van der Waals surface area (Å²) in [5.41, 5.74) is 2.95. The molecule has 0 N–H and O–H groups in total. The van der Waals surface area contributed by atoms with Crippen molar-refractivity contribution in [3.63, 3.8) is 0 Å². The second kappa shape index (κ2) is 8.38. The minimum atomic E-state index is -1.60. The van der Waals surface area contributed by atoms with Crippen LogP contribution in [0.15, 0.2) is 48.8 Å². The van der Waals surface area contributed by atoms with Crippen molar-refractivity contribution in [2.45, 2.75) is 24.8 Å². The van der Waals surface area contributed by atoms with Gasteiger partial charge < -0.3 is 14.0 Å². The summed E-state index contributed by atoms with van der Waals surface area (Å²) in [5.74, 6) is 0.502. The van der Waals surface area contributed by atoms with Gasteiger partial charge in [0.05, 0.1) is 11.9 Å². The van der Waals surface area contributed by atoms with Crippen LogP contribution in [0, 0.1) is 6.92 Å². The zero-order valence-corrected chi connectivity index (χ0v) is 17.5. The quantitative estimate of drug-likeness (QED) is 0.531. The van der Waals surface area contributed by atoms with Crippen molar-refractivity contribution in [1.29, 1.82) is 0 Å². The van der Waals surface area contributed by atoms with Gasteiger partial charge in [-0.05, 0) is 31.2 Å². The maximum atomic E-state index is 11.9. The van der Waals surface area contributed by atoms with Gasteiger partial charge in [0.15, 0.2) is 0 Å². The molecule has 3 rings (SSSR count). The summed E-state index contributed by atoms with van der Waals surface area (Å²) in [5, 5.41) is 0. The molecule has 0 radical (unpaired) electrons. The van der Waals surface area contributed by atoms with Crippen molar-refractivity contribution >= 4 is 52.9 Å². The molecular formula is C19H20Cl3N3O2. The summed E-state index contributed by atoms with van der Waals surface area (Å²) in [6, 6.07) is 10.7. The third kappa shape index (κ3) is 4.67. The molecule has 0 unspecified atom stereocenters. The molecule has 2 aromatic heterocycles. The average Bonchev–Trinajstić information content (AvgIpc) is 2.99. The summed E-state index contributed by atoms with van der Waals surface area (Å²) in [6.07, 6.45) is 4.07. The van der Waals surface area contributed by atoms with Crippen LogP contribution in [0.2, 0.25) is 0 Å². The van der Waals surface area contributed by atoms with E-state index >= 15 is 0 Å². The number of nitrogens with zero attached hydrogens (tertiary/aromatic N) is 3. The van der Waals surface area contributed by atoms with Gasteiger partial charge in [-0.15, -0.1) is 12.4 Å². The number of aromatic nitrogens is 2. The number of imidazole rings is 1. The van der Waals surface area contributed by atoms with Gasteiger partial charge in [0, 0.05) is 30.9 Å². The first-order valence-electron chi connectivity index (χ1n) is 8.19. The van der Waals surface area contributed by atoms with Crippen molar-refractivity contribution in [3.05, 3.63) is 60.0 Å². The lowest BCUT2D eigenvalue weighted by atomic mass is 10.2. The van der Waals surface area contributed by atoms with Gasteiger partial charge in [0.1, 0.15) is 11.4 Å². The molecule has 1 amide bonds. The molecule has 8 heteroatoms. The minimum Gasteiger partial charge on any atom is -0.452 e. The molecule has 144 valence electrons. The van der Waals surface area contributed by atoms with Crippen LogP contribution in [0.4, 0.5) is 5.69 Å². The van der Waals surface area contributed by atoms with Crippen molar-refractivity contribution in [2.75, 3.05) is 11.9 Å². The predicted octanol–water partition coefficient (Wildman–Crippen LogP) is 5.10. The molecule has 27 heavy (non-hydrogen) atoms. The number of anilines is 1. The smallest absolute Gasteiger partial charge is 0.284 e. The number of alkyl halides is 2. The molecule has 0 aliphatic rings. The SMILES string of the molecule is CCC(=O)N(C)c1cccc(C(Cl)(Cl)Oc2ccc3nc(C)cn3c2)c1.Cl. The molecule has 3 aromatic rings. The molecule has 0 saturated carbocycles. The Morgan fingerprint density at radius 2 is 2.00 bits per heavy atom. The highest BCUT2D eigenvalue weighted by molar-refractivity contribution is 6.47. The number of aryl methyl sites for hydroxylation is 1. The molecule has 0 fully saturated rings. The van der Waals surface area contributed by atoms with Crippen molar-refractivity contribution in [3.8, 4) is 5.75 Å². The molecular weight excluding hydrogens is 409 g/mol. The maximum absolute atomic E-state index is 11.9. The molecule has 0 bridgehead atoms. The molecule has 5 nitrogen and oxygen atoms in total. The van der Waals surface area contributed by atoms with Crippen LogP contribution < -0.4 is 9.64 Å². The number of amides is 1. The fraction of sp³-hybridized carbons (Fsp3) is 0.263. The lowest BCUT2D eigenvalue weighted by Gasteiger charge is -2.24. The van der Waals surface area contributed by atoms with E-state index in [-0.39, 0.29) is 18.3 Å². The van der Waals surface area contributed by atoms with Crippen LogP contribution in [0.3, 0.4) is 0 Å². The Morgan fingerprint density at radius 3 is 2.70 bits per heavy atom. The van der Waals surface area contributed by atoms with E-state index in [2.05, 4.69) is 4.98 Å². The average molecular weight is 429 g/mol. The summed E-state index contributed by atoms with van der Waals surface area (Å²) in [7, 11) is 1.71. The number of hydrogen-bond acceptors (Lipinski definition) is 3. The van der Waals surface area contributed by atoms with E-state index in [0.717, 1.165) is 11.3 Å². The Labute approximate surface area is 174 Å². The standard InChI is InChI=1S/C19H19Cl2N3O2.ClH/c1-4-18(25)23(3)15-7-5-6-14(10-15)19(20,21)26-16-8-9-17-22-13(2)11-24(17)12-16;/h5-12H,4H2,1-3H3;1H. The predicted molar refractivity (Wildman–Crippen MR) is 111 cm³/mol. The van der Waals surface area contributed by atoms with Crippen molar-refractivity contribution in [1.82, 2.24) is 9.38 Å². The first kappa shape index (κ1) is 21.4. The normalized spacial score (nSPS) is 11.1. The summed E-state index contributed by atoms with van der Waals surface area (Å²) >= 11 is 12.9. The van der Waals surface area contributed by atoms with E-state index in [1.165, 1.54) is 0 Å². The fourth-order valence-electron chi connectivity index (χ4n) is 2.64. The molecule has 0 atom stereocenters. The Kier molecular flexibility index (Phi) is 6.63. The molecule has 1 aromatic carbocycles. The molecule has 0 aliphatic heterocycles. The van der Waals surface area contributed by atoms with E-state index < -0.39 is 4.52 Å². The van der Waals surface area contributed by atoms with Crippen LogP contribution in [0.1, 0.15) is 24.6 Å². The van der Waals surface area contributed by atoms with Crippen LogP contribution >= 0.6 is 35.6 Å². The molecule has 0 saturated heterocycles. The lowest BCUT2D eigenvalue weighted by molar-refractivity contribution is -0.118. The van der Waals surface area contributed by atoms with Gasteiger partial charge in [0.2, 0.25) is 5.91 Å². The number of rotatable bonds is 5. The topological polar surface area (TPSA) is 46.8 Å². The Balaban J connectivity index is 0.00000261. The summed E-state index contributed by atoms with van der Waals surface area (Å²) in [6.45, 7) is 3.73. The number of carbonyl (C=O) groups excluding carboxylic acids is 1. The monoisotopic (exact) mass is 427 g/mol. The van der Waals surface area contributed by atoms with E-state index in [1.807, 2.05) is 36.6 Å². The first-order valence-corrected chi connectivity index (χ1v) is 8.95. The van der Waals surface area contributed by atoms with Crippen molar-refractivity contribution in [2.24, 2.45) is 0 Å². The molecule has 0 aliphatic carbocycles. The highest BCUT2D eigenvalue weighted by Gasteiger charge is 2.30. The Morgan fingerprint density at radius 1 is 1.26 bits per heavy atom. The zero-order valence-electron chi connectivity index (χ0n) is 15.1. The van der Waals surface area contributed by atoms with Crippen LogP contribution in [-0.4, -0.2) is 22.3 Å². The first-order chi connectivity index (χ1) is 12.3. The highest BCUT2D eigenvalue weighted by Crippen LogP contribution is 2.38. The highest BCUT2D eigenvalue weighted by atomic mass is 35.5. The molecule has 0 spiro atoms.